The summed E-state index contributed by atoms with van der Waals surface area (Å²) in [7, 11) is 1.57. The highest BCUT2D eigenvalue weighted by Crippen LogP contribution is 2.21. The van der Waals surface area contributed by atoms with Crippen LogP contribution >= 0.6 is 0 Å². The smallest absolute Gasteiger partial charge is 0.255 e. The quantitative estimate of drug-likeness (QED) is 0.479. The van der Waals surface area contributed by atoms with E-state index in [9.17, 15) is 4.79 Å². The highest BCUT2D eigenvalue weighted by molar-refractivity contribution is 5.96. The molecule has 0 fully saturated rings. The number of carbonyl (C=O) groups excluding carboxylic acids is 1. The van der Waals surface area contributed by atoms with E-state index < -0.39 is 0 Å². The molecule has 1 amide bonds. The molecule has 0 unspecified atom stereocenters. The summed E-state index contributed by atoms with van der Waals surface area (Å²) >= 11 is 0. The van der Waals surface area contributed by atoms with E-state index in [-0.39, 0.29) is 5.91 Å². The first-order chi connectivity index (χ1) is 15.1. The number of methoxy groups -OCH3 is 1. The molecule has 0 radical (unpaired) electrons. The van der Waals surface area contributed by atoms with Crippen LogP contribution in [0.2, 0.25) is 0 Å². The number of aryl methyl sites for hydroxylation is 2. The molecule has 4 aromatic rings. The number of para-hydroxylation sites is 3. The molecule has 0 aliphatic carbocycles. The van der Waals surface area contributed by atoms with Gasteiger partial charge in [-0.25, -0.2) is 4.98 Å². The zero-order valence-corrected chi connectivity index (χ0v) is 18.2. The molecule has 0 spiro atoms. The van der Waals surface area contributed by atoms with Crippen molar-refractivity contribution in [1.82, 2.24) is 14.9 Å². The number of aromatic nitrogens is 2. The van der Waals surface area contributed by atoms with Gasteiger partial charge in [-0.05, 0) is 49.2 Å². The van der Waals surface area contributed by atoms with Crippen molar-refractivity contribution >= 4 is 16.9 Å². The second-order valence-electron chi connectivity index (χ2n) is 7.74. The zero-order chi connectivity index (χ0) is 21.8. The van der Waals surface area contributed by atoms with Gasteiger partial charge in [0.1, 0.15) is 11.6 Å². The molecule has 158 valence electrons. The first-order valence-electron chi connectivity index (χ1n) is 10.5. The Bertz CT molecular complexity index is 1230. The monoisotopic (exact) mass is 413 g/mol. The summed E-state index contributed by atoms with van der Waals surface area (Å²) in [6, 6.07) is 22.0. The third kappa shape index (κ3) is 4.45. The number of benzene rings is 3. The van der Waals surface area contributed by atoms with E-state index in [4.69, 9.17) is 9.72 Å². The van der Waals surface area contributed by atoms with E-state index in [0.29, 0.717) is 24.3 Å². The molecule has 0 aliphatic heterocycles. The van der Waals surface area contributed by atoms with Gasteiger partial charge in [0.25, 0.3) is 5.91 Å². The maximum absolute atomic E-state index is 12.6. The van der Waals surface area contributed by atoms with Gasteiger partial charge in [-0.15, -0.1) is 0 Å². The summed E-state index contributed by atoms with van der Waals surface area (Å²) in [5.41, 5.74) is 6.40. The van der Waals surface area contributed by atoms with Gasteiger partial charge in [-0.1, -0.05) is 48.0 Å². The molecular weight excluding hydrogens is 386 g/mol. The minimum atomic E-state index is -0.144. The predicted octanol–water partition coefficient (Wildman–Crippen LogP) is 4.68. The largest absolute Gasteiger partial charge is 0.496 e. The molecule has 3 aromatic carbocycles. The molecule has 0 saturated carbocycles. The lowest BCUT2D eigenvalue weighted by Crippen LogP contribution is -2.27. The fraction of sp³-hybridized carbons (Fsp3) is 0.231. The Hall–Kier alpha value is -3.60. The van der Waals surface area contributed by atoms with Crippen molar-refractivity contribution in [2.75, 3.05) is 13.7 Å². The van der Waals surface area contributed by atoms with Crippen molar-refractivity contribution < 1.29 is 9.53 Å². The molecule has 0 saturated heterocycles. The Morgan fingerprint density at radius 1 is 1.03 bits per heavy atom. The normalized spacial score (nSPS) is 10.9. The standard InChI is InChI=1S/C26H27N3O2/c1-18-12-13-19(2)20(16-18)17-29-23-10-6-5-9-22(23)28-25(29)14-15-27-26(30)21-8-4-7-11-24(21)31-3/h4-13,16H,14-15,17H2,1-3H3,(H,27,30). The first-order valence-corrected chi connectivity index (χ1v) is 10.5. The lowest BCUT2D eigenvalue weighted by Gasteiger charge is -2.13. The van der Waals surface area contributed by atoms with E-state index in [0.717, 1.165) is 23.4 Å². The average Bonchev–Trinajstić information content (AvgIpc) is 3.13. The highest BCUT2D eigenvalue weighted by Gasteiger charge is 2.14. The Balaban J connectivity index is 1.56. The van der Waals surface area contributed by atoms with E-state index in [1.165, 1.54) is 16.7 Å². The lowest BCUT2D eigenvalue weighted by atomic mass is 10.1. The number of nitrogens with one attached hydrogen (secondary N) is 1. The van der Waals surface area contributed by atoms with Crippen molar-refractivity contribution in [2.45, 2.75) is 26.8 Å². The van der Waals surface area contributed by atoms with E-state index in [1.807, 2.05) is 30.3 Å². The summed E-state index contributed by atoms with van der Waals surface area (Å²) in [5, 5.41) is 3.01. The Labute approximate surface area is 182 Å². The van der Waals surface area contributed by atoms with Crippen LogP contribution in [0.1, 0.15) is 32.9 Å². The van der Waals surface area contributed by atoms with Gasteiger partial charge in [-0.2, -0.15) is 0 Å². The first kappa shape index (κ1) is 20.7. The van der Waals surface area contributed by atoms with Crippen LogP contribution in [0.15, 0.2) is 66.7 Å². The highest BCUT2D eigenvalue weighted by atomic mass is 16.5. The third-order valence-corrected chi connectivity index (χ3v) is 5.55. The number of amides is 1. The number of hydrogen-bond acceptors (Lipinski definition) is 3. The third-order valence-electron chi connectivity index (χ3n) is 5.55. The maximum atomic E-state index is 12.6. The molecule has 0 atom stereocenters. The van der Waals surface area contributed by atoms with Crippen molar-refractivity contribution in [3.8, 4) is 5.75 Å². The minimum absolute atomic E-state index is 0.144. The van der Waals surface area contributed by atoms with Gasteiger partial charge < -0.3 is 14.6 Å². The summed E-state index contributed by atoms with van der Waals surface area (Å²) < 4.78 is 7.56. The molecule has 0 bridgehead atoms. The topological polar surface area (TPSA) is 56.1 Å². The molecule has 31 heavy (non-hydrogen) atoms. The Kier molecular flexibility index (Phi) is 6.03. The molecular formula is C26H27N3O2. The summed E-state index contributed by atoms with van der Waals surface area (Å²) in [5.74, 6) is 1.39. The van der Waals surface area contributed by atoms with Crippen molar-refractivity contribution in [3.05, 3.63) is 94.8 Å². The van der Waals surface area contributed by atoms with Gasteiger partial charge in [0.15, 0.2) is 0 Å². The summed E-state index contributed by atoms with van der Waals surface area (Å²) in [4.78, 5) is 17.5. The number of fused-ring (bicyclic) bond motifs is 1. The Morgan fingerprint density at radius 2 is 1.81 bits per heavy atom. The fourth-order valence-electron chi connectivity index (χ4n) is 3.85. The van der Waals surface area contributed by atoms with Gasteiger partial charge in [-0.3, -0.25) is 4.79 Å². The molecule has 5 nitrogen and oxygen atoms in total. The van der Waals surface area contributed by atoms with E-state index in [1.54, 1.807) is 19.2 Å². The van der Waals surface area contributed by atoms with E-state index >= 15 is 0 Å². The summed E-state index contributed by atoms with van der Waals surface area (Å²) in [6.45, 7) is 5.50. The zero-order valence-electron chi connectivity index (χ0n) is 18.2. The second-order valence-corrected chi connectivity index (χ2v) is 7.74. The van der Waals surface area contributed by atoms with Crippen molar-refractivity contribution in [1.29, 1.82) is 0 Å². The average molecular weight is 414 g/mol. The predicted molar refractivity (Wildman–Crippen MR) is 124 cm³/mol. The van der Waals surface area contributed by atoms with Crippen LogP contribution < -0.4 is 10.1 Å². The van der Waals surface area contributed by atoms with Gasteiger partial charge in [0, 0.05) is 19.5 Å². The number of rotatable bonds is 7. The van der Waals surface area contributed by atoms with Crippen LogP contribution in [-0.2, 0) is 13.0 Å². The van der Waals surface area contributed by atoms with Crippen LogP contribution in [-0.4, -0.2) is 29.1 Å². The number of imidazole rings is 1. The lowest BCUT2D eigenvalue weighted by molar-refractivity contribution is 0.0951. The molecule has 1 N–H and O–H groups in total. The van der Waals surface area contributed by atoms with Crippen molar-refractivity contribution in [3.63, 3.8) is 0 Å². The van der Waals surface area contributed by atoms with Gasteiger partial charge in [0.05, 0.1) is 23.7 Å². The fourth-order valence-corrected chi connectivity index (χ4v) is 3.85. The van der Waals surface area contributed by atoms with E-state index in [2.05, 4.69) is 48.0 Å². The number of ether oxygens (including phenoxy) is 1. The van der Waals surface area contributed by atoms with Crippen LogP contribution in [0.25, 0.3) is 11.0 Å². The maximum Gasteiger partial charge on any atom is 0.255 e. The van der Waals surface area contributed by atoms with Crippen LogP contribution in [0.4, 0.5) is 0 Å². The van der Waals surface area contributed by atoms with Crippen LogP contribution in [0.3, 0.4) is 0 Å². The summed E-state index contributed by atoms with van der Waals surface area (Å²) in [6.07, 6.45) is 0.639. The molecule has 1 heterocycles. The van der Waals surface area contributed by atoms with Gasteiger partial charge in [0.2, 0.25) is 0 Å². The number of hydrogen-bond donors (Lipinski definition) is 1. The molecule has 0 aliphatic rings. The molecule has 5 heteroatoms. The van der Waals surface area contributed by atoms with Crippen LogP contribution in [0.5, 0.6) is 5.75 Å². The second kappa shape index (κ2) is 9.04. The SMILES string of the molecule is COc1ccccc1C(=O)NCCc1nc2ccccc2n1Cc1cc(C)ccc1C. The van der Waals surface area contributed by atoms with Gasteiger partial charge >= 0.3 is 0 Å². The molecule has 1 aromatic heterocycles. The molecule has 4 rings (SSSR count). The minimum Gasteiger partial charge on any atom is -0.496 e. The number of carbonyl (C=O) groups is 1. The van der Waals surface area contributed by atoms with Crippen molar-refractivity contribution in [2.24, 2.45) is 0 Å². The van der Waals surface area contributed by atoms with Crippen LogP contribution in [0, 0.1) is 13.8 Å². The number of nitrogens with zero attached hydrogens (tertiary/aromatic N) is 2. The Morgan fingerprint density at radius 3 is 2.65 bits per heavy atom.